The van der Waals surface area contributed by atoms with Gasteiger partial charge in [-0.05, 0) is 44.7 Å². The van der Waals surface area contributed by atoms with Crippen LogP contribution in [0.25, 0.3) is 0 Å². The van der Waals surface area contributed by atoms with E-state index in [1.165, 1.54) is 19.3 Å². The van der Waals surface area contributed by atoms with Crippen molar-refractivity contribution in [2.75, 3.05) is 13.1 Å². The fraction of sp³-hybridized carbons (Fsp3) is 0.923. The molecule has 94 valence electrons. The molecule has 0 unspecified atom stereocenters. The molecule has 3 heteroatoms. The Morgan fingerprint density at radius 3 is 2.12 bits per heavy atom. The first kappa shape index (κ1) is 13.5. The highest BCUT2D eigenvalue weighted by Gasteiger charge is 2.29. The lowest BCUT2D eigenvalue weighted by atomic mass is 9.87. The minimum Gasteiger partial charge on any atom is -0.481 e. The molecule has 0 radical (unpaired) electrons. The maximum atomic E-state index is 10.5. The van der Waals surface area contributed by atoms with E-state index in [9.17, 15) is 4.79 Å². The van der Waals surface area contributed by atoms with Gasteiger partial charge in [-0.15, -0.1) is 0 Å². The van der Waals surface area contributed by atoms with E-state index in [4.69, 9.17) is 5.11 Å². The van der Waals surface area contributed by atoms with Gasteiger partial charge in [0.1, 0.15) is 0 Å². The van der Waals surface area contributed by atoms with Crippen LogP contribution in [0.3, 0.4) is 0 Å². The molecule has 0 bridgehead atoms. The number of aliphatic carboxylic acids is 1. The van der Waals surface area contributed by atoms with Crippen molar-refractivity contribution >= 4 is 5.97 Å². The number of hydrogen-bond donors (Lipinski definition) is 1. The summed E-state index contributed by atoms with van der Waals surface area (Å²) in [4.78, 5) is 13.1. The highest BCUT2D eigenvalue weighted by molar-refractivity contribution is 5.67. The van der Waals surface area contributed by atoms with Crippen LogP contribution in [0.2, 0.25) is 0 Å². The average molecular weight is 227 g/mol. The molecule has 16 heavy (non-hydrogen) atoms. The van der Waals surface area contributed by atoms with E-state index in [1.54, 1.807) is 0 Å². The summed E-state index contributed by atoms with van der Waals surface area (Å²) in [5.41, 5.74) is 0. The van der Waals surface area contributed by atoms with Crippen LogP contribution in [0.4, 0.5) is 0 Å². The molecule has 0 spiro atoms. The Morgan fingerprint density at radius 1 is 1.19 bits per heavy atom. The second-order valence-electron chi connectivity index (χ2n) is 4.66. The van der Waals surface area contributed by atoms with Crippen LogP contribution in [-0.2, 0) is 4.79 Å². The molecule has 0 atom stereocenters. The lowest BCUT2D eigenvalue weighted by molar-refractivity contribution is -0.138. The molecule has 0 aromatic carbocycles. The van der Waals surface area contributed by atoms with Crippen LogP contribution < -0.4 is 0 Å². The number of carbonyl (C=O) groups is 1. The standard InChI is InChI=1S/C11H19NO2.C2H6/c13-11(14)8-9-4-6-12(7-5-9)10-2-1-3-10;1-2/h9-10H,1-8H2,(H,13,14);1-2H3. The summed E-state index contributed by atoms with van der Waals surface area (Å²) in [5.74, 6) is -0.198. The van der Waals surface area contributed by atoms with Gasteiger partial charge >= 0.3 is 5.97 Å². The van der Waals surface area contributed by atoms with E-state index >= 15 is 0 Å². The van der Waals surface area contributed by atoms with Gasteiger partial charge in [-0.2, -0.15) is 0 Å². The van der Waals surface area contributed by atoms with E-state index in [0.29, 0.717) is 12.3 Å². The average Bonchev–Trinajstić information content (AvgIpc) is 2.20. The third-order valence-electron chi connectivity index (χ3n) is 3.70. The molecular weight excluding hydrogens is 202 g/mol. The lowest BCUT2D eigenvalue weighted by Crippen LogP contribution is -2.44. The Balaban J connectivity index is 0.000000606. The second kappa shape index (κ2) is 6.89. The van der Waals surface area contributed by atoms with Crippen molar-refractivity contribution in [2.45, 2.75) is 58.4 Å². The molecular formula is C13H25NO2. The van der Waals surface area contributed by atoms with Crippen LogP contribution in [0.1, 0.15) is 52.4 Å². The van der Waals surface area contributed by atoms with E-state index in [-0.39, 0.29) is 0 Å². The summed E-state index contributed by atoms with van der Waals surface area (Å²) in [6.45, 7) is 6.26. The highest BCUT2D eigenvalue weighted by atomic mass is 16.4. The minimum absolute atomic E-state index is 0.374. The number of hydrogen-bond acceptors (Lipinski definition) is 2. The van der Waals surface area contributed by atoms with Crippen molar-refractivity contribution in [3.05, 3.63) is 0 Å². The van der Waals surface area contributed by atoms with E-state index in [1.807, 2.05) is 13.8 Å². The number of carboxylic acids is 1. The maximum Gasteiger partial charge on any atom is 0.303 e. The van der Waals surface area contributed by atoms with Gasteiger partial charge in [-0.25, -0.2) is 0 Å². The summed E-state index contributed by atoms with van der Waals surface area (Å²) in [6.07, 6.45) is 6.66. The SMILES string of the molecule is CC.O=C(O)CC1CCN(C2CCC2)CC1. The van der Waals surface area contributed by atoms with Crippen molar-refractivity contribution in [3.8, 4) is 0 Å². The van der Waals surface area contributed by atoms with Gasteiger partial charge in [-0.1, -0.05) is 20.3 Å². The lowest BCUT2D eigenvalue weighted by Gasteiger charge is -2.41. The molecule has 2 aliphatic rings. The fourth-order valence-corrected chi connectivity index (χ4v) is 2.52. The van der Waals surface area contributed by atoms with E-state index < -0.39 is 5.97 Å². The number of likely N-dealkylation sites (tertiary alicyclic amines) is 1. The monoisotopic (exact) mass is 227 g/mol. The number of carboxylic acid groups (broad SMARTS) is 1. The molecule has 3 nitrogen and oxygen atoms in total. The zero-order valence-electron chi connectivity index (χ0n) is 10.6. The van der Waals surface area contributed by atoms with Gasteiger partial charge in [0.25, 0.3) is 0 Å². The molecule has 0 aromatic heterocycles. The van der Waals surface area contributed by atoms with E-state index in [2.05, 4.69) is 4.90 Å². The van der Waals surface area contributed by atoms with Gasteiger partial charge in [0, 0.05) is 12.5 Å². The summed E-state index contributed by atoms with van der Waals surface area (Å²) in [7, 11) is 0. The Kier molecular flexibility index (Phi) is 5.81. The smallest absolute Gasteiger partial charge is 0.303 e. The number of piperidine rings is 1. The molecule has 1 aliphatic heterocycles. The normalized spacial score (nSPS) is 23.1. The minimum atomic E-state index is -0.632. The molecule has 2 rings (SSSR count). The van der Waals surface area contributed by atoms with Crippen molar-refractivity contribution < 1.29 is 9.90 Å². The Hall–Kier alpha value is -0.570. The predicted octanol–water partition coefficient (Wildman–Crippen LogP) is 2.75. The highest BCUT2D eigenvalue weighted by Crippen LogP contribution is 2.29. The molecule has 2 fully saturated rings. The van der Waals surface area contributed by atoms with Crippen LogP contribution in [-0.4, -0.2) is 35.1 Å². The predicted molar refractivity (Wildman–Crippen MR) is 65.5 cm³/mol. The van der Waals surface area contributed by atoms with Crippen molar-refractivity contribution in [1.82, 2.24) is 4.90 Å². The summed E-state index contributed by atoms with van der Waals surface area (Å²) >= 11 is 0. The van der Waals surface area contributed by atoms with Crippen LogP contribution in [0.15, 0.2) is 0 Å². The number of nitrogens with zero attached hydrogens (tertiary/aromatic N) is 1. The van der Waals surface area contributed by atoms with Gasteiger partial charge in [0.15, 0.2) is 0 Å². The largest absolute Gasteiger partial charge is 0.481 e. The molecule has 1 saturated heterocycles. The molecule has 0 aromatic rings. The van der Waals surface area contributed by atoms with Gasteiger partial charge < -0.3 is 10.0 Å². The van der Waals surface area contributed by atoms with Crippen molar-refractivity contribution in [1.29, 1.82) is 0 Å². The van der Waals surface area contributed by atoms with Gasteiger partial charge in [-0.3, -0.25) is 4.79 Å². The van der Waals surface area contributed by atoms with Crippen molar-refractivity contribution in [3.63, 3.8) is 0 Å². The molecule has 1 saturated carbocycles. The topological polar surface area (TPSA) is 40.5 Å². The van der Waals surface area contributed by atoms with Gasteiger partial charge in [0.2, 0.25) is 0 Å². The summed E-state index contributed by atoms with van der Waals surface area (Å²) in [5, 5.41) is 8.68. The number of rotatable bonds is 3. The first-order valence-corrected chi connectivity index (χ1v) is 6.71. The van der Waals surface area contributed by atoms with Crippen molar-refractivity contribution in [2.24, 2.45) is 5.92 Å². The zero-order valence-corrected chi connectivity index (χ0v) is 10.6. The third-order valence-corrected chi connectivity index (χ3v) is 3.70. The van der Waals surface area contributed by atoms with Crippen LogP contribution >= 0.6 is 0 Å². The Bertz CT molecular complexity index is 206. The summed E-state index contributed by atoms with van der Waals surface area (Å²) < 4.78 is 0. The second-order valence-corrected chi connectivity index (χ2v) is 4.66. The Morgan fingerprint density at radius 2 is 1.75 bits per heavy atom. The van der Waals surface area contributed by atoms with Crippen LogP contribution in [0, 0.1) is 5.92 Å². The van der Waals surface area contributed by atoms with E-state index in [0.717, 1.165) is 32.0 Å². The van der Waals surface area contributed by atoms with Gasteiger partial charge in [0.05, 0.1) is 0 Å². The first-order valence-electron chi connectivity index (χ1n) is 6.71. The molecule has 1 N–H and O–H groups in total. The first-order chi connectivity index (χ1) is 7.75. The zero-order chi connectivity index (χ0) is 12.0. The molecule has 1 heterocycles. The Labute approximate surface area is 98.8 Å². The fourth-order valence-electron chi connectivity index (χ4n) is 2.52. The molecule has 1 aliphatic carbocycles. The molecule has 0 amide bonds. The van der Waals surface area contributed by atoms with Crippen LogP contribution in [0.5, 0.6) is 0 Å². The quantitative estimate of drug-likeness (QED) is 0.806. The summed E-state index contributed by atoms with van der Waals surface area (Å²) in [6, 6.07) is 0.834. The third kappa shape index (κ3) is 3.78. The maximum absolute atomic E-state index is 10.5.